The number of rotatable bonds is 8. The Morgan fingerprint density at radius 3 is 2.42 bits per heavy atom. The number of halogens is 2. The zero-order valence-corrected chi connectivity index (χ0v) is 22.2. The lowest BCUT2D eigenvalue weighted by molar-refractivity contribution is -0.145. The molecule has 1 amide bonds. The van der Waals surface area contributed by atoms with Gasteiger partial charge >= 0.3 is 5.97 Å². The van der Waals surface area contributed by atoms with Crippen LogP contribution in [0.15, 0.2) is 42.5 Å². The molecule has 2 heterocycles. The number of likely N-dealkylation sites (tertiary alicyclic amines) is 2. The van der Waals surface area contributed by atoms with Crippen LogP contribution in [0.5, 0.6) is 5.75 Å². The van der Waals surface area contributed by atoms with E-state index in [0.717, 1.165) is 25.9 Å². The highest BCUT2D eigenvalue weighted by Gasteiger charge is 2.41. The smallest absolute Gasteiger partial charge is 0.328 e. The molecule has 2 aliphatic rings. The van der Waals surface area contributed by atoms with Gasteiger partial charge in [-0.25, -0.2) is 13.6 Å². The van der Waals surface area contributed by atoms with E-state index in [2.05, 4.69) is 4.90 Å². The van der Waals surface area contributed by atoms with Gasteiger partial charge in [0.2, 0.25) is 0 Å². The number of piperidine rings is 1. The molecule has 7 nitrogen and oxygen atoms in total. The normalized spacial score (nSPS) is 20.9. The number of nitrogens with zero attached hydrogens (tertiary/aromatic N) is 2. The number of benzene rings is 2. The highest BCUT2D eigenvalue weighted by atomic mass is 19.1. The van der Waals surface area contributed by atoms with Crippen molar-refractivity contribution in [3.05, 3.63) is 53.8 Å². The molecule has 9 heteroatoms. The number of β-amino-alcohol motifs (C(OH)–C–C–N with tert-alkyl or cyclic N) is 1. The second-order valence-electron chi connectivity index (χ2n) is 10.8. The van der Waals surface area contributed by atoms with E-state index < -0.39 is 35.5 Å². The molecular formula is C29H36F2N2O5. The number of methoxy groups -OCH3 is 1. The highest BCUT2D eigenvalue weighted by molar-refractivity contribution is 6.03. The van der Waals surface area contributed by atoms with Gasteiger partial charge in [0.1, 0.15) is 23.3 Å². The van der Waals surface area contributed by atoms with Crippen molar-refractivity contribution in [2.45, 2.75) is 50.9 Å². The first-order valence-electron chi connectivity index (χ1n) is 13.1. The van der Waals surface area contributed by atoms with E-state index in [1.165, 1.54) is 24.1 Å². The number of carbonyl (C=O) groups excluding carboxylic acids is 2. The molecule has 0 unspecified atom stereocenters. The predicted octanol–water partition coefficient (Wildman–Crippen LogP) is 4.08. The Bertz CT molecular complexity index is 1130. The summed E-state index contributed by atoms with van der Waals surface area (Å²) < 4.78 is 39.7. The molecule has 1 N–H and O–H groups in total. The fraction of sp³-hybridized carbons (Fsp3) is 0.517. The molecule has 2 atom stereocenters. The molecule has 2 fully saturated rings. The van der Waals surface area contributed by atoms with Gasteiger partial charge < -0.3 is 24.4 Å². The van der Waals surface area contributed by atoms with Crippen molar-refractivity contribution in [1.29, 1.82) is 0 Å². The third-order valence-electron chi connectivity index (χ3n) is 7.20. The van der Waals surface area contributed by atoms with Gasteiger partial charge in [-0.1, -0.05) is 24.3 Å². The van der Waals surface area contributed by atoms with Crippen LogP contribution >= 0.6 is 0 Å². The van der Waals surface area contributed by atoms with Crippen LogP contribution in [0.3, 0.4) is 0 Å². The molecule has 0 radical (unpaired) electrons. The van der Waals surface area contributed by atoms with Crippen molar-refractivity contribution < 1.29 is 33.0 Å². The van der Waals surface area contributed by atoms with Gasteiger partial charge in [-0.3, -0.25) is 4.79 Å². The lowest BCUT2D eigenvalue weighted by Gasteiger charge is -2.34. The zero-order chi connectivity index (χ0) is 27.4. The van der Waals surface area contributed by atoms with Crippen LogP contribution < -0.4 is 4.74 Å². The van der Waals surface area contributed by atoms with Crippen molar-refractivity contribution in [2.24, 2.45) is 5.92 Å². The van der Waals surface area contributed by atoms with Crippen LogP contribution in [-0.4, -0.2) is 84.5 Å². The van der Waals surface area contributed by atoms with Crippen LogP contribution in [0, 0.1) is 11.7 Å². The highest BCUT2D eigenvalue weighted by Crippen LogP contribution is 2.31. The summed E-state index contributed by atoms with van der Waals surface area (Å²) >= 11 is 0. The summed E-state index contributed by atoms with van der Waals surface area (Å²) in [5.41, 5.74) is -0.352. The summed E-state index contributed by atoms with van der Waals surface area (Å²) in [6.45, 7) is 5.82. The largest absolute Gasteiger partial charge is 0.493 e. The standard InChI is InChI=1S/C29H36F2N2O5/c1-29(2,31)18-32-13-11-19(12-14-32)17-38-22-9-7-20(8-10-22)23-5-4-6-24(30)26(23)27(35)33-16-21(34)15-25(33)28(36)37-3/h4-10,19,21,25,34H,11-18H2,1-3H3/t21-,25+/m1/s1. The maximum Gasteiger partial charge on any atom is 0.328 e. The Morgan fingerprint density at radius 2 is 1.79 bits per heavy atom. The molecular weight excluding hydrogens is 494 g/mol. The van der Waals surface area contributed by atoms with Crippen molar-refractivity contribution in [3.63, 3.8) is 0 Å². The van der Waals surface area contributed by atoms with Gasteiger partial charge in [0, 0.05) is 19.5 Å². The Kier molecular flexibility index (Phi) is 8.67. The maximum atomic E-state index is 15.0. The Morgan fingerprint density at radius 1 is 1.11 bits per heavy atom. The zero-order valence-electron chi connectivity index (χ0n) is 22.2. The average molecular weight is 531 g/mol. The summed E-state index contributed by atoms with van der Waals surface area (Å²) in [5.74, 6) is -0.974. The van der Waals surface area contributed by atoms with Crippen LogP contribution in [0.1, 0.15) is 43.5 Å². The van der Waals surface area contributed by atoms with Gasteiger partial charge in [0.05, 0.1) is 25.4 Å². The number of ether oxygens (including phenoxy) is 2. The van der Waals surface area contributed by atoms with Crippen molar-refractivity contribution in [2.75, 3.05) is 39.9 Å². The third-order valence-corrected chi connectivity index (χ3v) is 7.20. The number of alkyl halides is 1. The summed E-state index contributed by atoms with van der Waals surface area (Å²) in [5, 5.41) is 10.1. The van der Waals surface area contributed by atoms with Crippen LogP contribution in [0.25, 0.3) is 11.1 Å². The summed E-state index contributed by atoms with van der Waals surface area (Å²) in [4.78, 5) is 28.9. The van der Waals surface area contributed by atoms with E-state index in [1.807, 2.05) is 0 Å². The Hall–Kier alpha value is -3.04. The molecule has 206 valence electrons. The minimum atomic E-state index is -1.20. The molecule has 0 spiro atoms. The van der Waals surface area contributed by atoms with Crippen molar-refractivity contribution >= 4 is 11.9 Å². The Balaban J connectivity index is 1.43. The topological polar surface area (TPSA) is 79.3 Å². The van der Waals surface area contributed by atoms with Crippen LogP contribution in [0.2, 0.25) is 0 Å². The maximum absolute atomic E-state index is 15.0. The lowest BCUT2D eigenvalue weighted by Crippen LogP contribution is -2.41. The second-order valence-corrected chi connectivity index (χ2v) is 10.8. The minimum absolute atomic E-state index is 0.0428. The third kappa shape index (κ3) is 6.69. The van der Waals surface area contributed by atoms with E-state index in [0.29, 0.717) is 35.9 Å². The number of aliphatic hydroxyl groups is 1. The number of aliphatic hydroxyl groups excluding tert-OH is 1. The lowest BCUT2D eigenvalue weighted by atomic mass is 9.96. The first kappa shape index (κ1) is 28.0. The summed E-state index contributed by atoms with van der Waals surface area (Å²) in [6.07, 6.45) is 1.04. The summed E-state index contributed by atoms with van der Waals surface area (Å²) in [6, 6.07) is 10.5. The fourth-order valence-corrected chi connectivity index (χ4v) is 5.31. The van der Waals surface area contributed by atoms with Gasteiger partial charge in [-0.05, 0) is 75.0 Å². The van der Waals surface area contributed by atoms with Crippen molar-refractivity contribution in [1.82, 2.24) is 9.80 Å². The molecule has 0 bridgehead atoms. The predicted molar refractivity (Wildman–Crippen MR) is 139 cm³/mol. The molecule has 2 saturated heterocycles. The average Bonchev–Trinajstić information content (AvgIpc) is 3.28. The molecule has 38 heavy (non-hydrogen) atoms. The first-order chi connectivity index (χ1) is 18.1. The van der Waals surface area contributed by atoms with E-state index >= 15 is 0 Å². The number of hydrogen-bond acceptors (Lipinski definition) is 6. The quantitative estimate of drug-likeness (QED) is 0.519. The number of carbonyl (C=O) groups is 2. The Labute approximate surface area is 222 Å². The number of esters is 1. The van der Waals surface area contributed by atoms with E-state index in [4.69, 9.17) is 9.47 Å². The molecule has 2 aliphatic heterocycles. The van der Waals surface area contributed by atoms with Crippen LogP contribution in [-0.2, 0) is 9.53 Å². The van der Waals surface area contributed by atoms with Gasteiger partial charge in [-0.2, -0.15) is 0 Å². The second kappa shape index (κ2) is 11.8. The van der Waals surface area contributed by atoms with Gasteiger partial charge in [0.15, 0.2) is 0 Å². The van der Waals surface area contributed by atoms with Crippen molar-refractivity contribution in [3.8, 4) is 16.9 Å². The molecule has 0 saturated carbocycles. The molecule has 4 rings (SSSR count). The molecule has 0 aromatic heterocycles. The number of hydrogen-bond donors (Lipinski definition) is 1. The van der Waals surface area contributed by atoms with Crippen LogP contribution in [0.4, 0.5) is 8.78 Å². The van der Waals surface area contributed by atoms with Gasteiger partial charge in [0.25, 0.3) is 5.91 Å². The van der Waals surface area contributed by atoms with Gasteiger partial charge in [-0.15, -0.1) is 0 Å². The monoisotopic (exact) mass is 530 g/mol. The molecule has 0 aliphatic carbocycles. The first-order valence-corrected chi connectivity index (χ1v) is 13.1. The van der Waals surface area contributed by atoms with E-state index in [9.17, 15) is 23.5 Å². The molecule has 2 aromatic rings. The molecule has 2 aromatic carbocycles. The van der Waals surface area contributed by atoms with E-state index in [1.54, 1.807) is 44.2 Å². The SMILES string of the molecule is COC(=O)[C@@H]1C[C@@H](O)CN1C(=O)c1c(F)cccc1-c1ccc(OCC2CCN(CC(C)(C)F)CC2)cc1. The minimum Gasteiger partial charge on any atom is -0.493 e. The fourth-order valence-electron chi connectivity index (χ4n) is 5.31. The number of amides is 1. The van der Waals surface area contributed by atoms with E-state index in [-0.39, 0.29) is 18.5 Å². The summed E-state index contributed by atoms with van der Waals surface area (Å²) in [7, 11) is 1.21.